The molecule has 0 spiro atoms. The first kappa shape index (κ1) is 5.54. The average Bonchev–Trinajstić information content (AvgIpc) is 2.14. The number of hydrogen-bond acceptors (Lipinski definition) is 2. The Morgan fingerprint density at radius 3 is 2.86 bits per heavy atom. The molecule has 42 valence electrons. The molecule has 0 saturated carbocycles. The molecule has 0 N–H and O–H groups in total. The van der Waals surface area contributed by atoms with Gasteiger partial charge in [-0.05, 0) is 0 Å². The first-order valence-electron chi connectivity index (χ1n) is 2.19. The molecule has 0 amide bonds. The van der Waals surface area contributed by atoms with Crippen LogP contribution in [0.4, 0.5) is 0 Å². The van der Waals surface area contributed by atoms with E-state index in [4.69, 9.17) is 9.47 Å². The largest absolute Gasteiger partial charge is 0.353 e. The van der Waals surface area contributed by atoms with E-state index in [0.717, 1.165) is 11.9 Å². The van der Waals surface area contributed by atoms with E-state index in [9.17, 15) is 0 Å². The molecule has 0 aromatic heterocycles. The molecule has 0 aromatic carbocycles. The molecule has 2 nitrogen and oxygen atoms in total. The van der Waals surface area contributed by atoms with Gasteiger partial charge in [0, 0.05) is 5.33 Å². The van der Waals surface area contributed by atoms with Crippen molar-refractivity contribution in [3.05, 3.63) is 0 Å². The van der Waals surface area contributed by atoms with Crippen LogP contribution in [-0.4, -0.2) is 24.8 Å². The smallest absolute Gasteiger partial charge is 0.147 e. The van der Waals surface area contributed by atoms with Gasteiger partial charge in [-0.25, -0.2) is 0 Å². The summed E-state index contributed by atoms with van der Waals surface area (Å²) in [5, 5.41) is 0.882. The zero-order chi connectivity index (χ0) is 5.11. The lowest BCUT2D eigenvalue weighted by Crippen LogP contribution is -2.09. The summed E-state index contributed by atoms with van der Waals surface area (Å²) in [6.07, 6.45) is 0.292. The second kappa shape index (κ2) is 2.64. The van der Waals surface area contributed by atoms with Crippen LogP contribution in [0.3, 0.4) is 0 Å². The van der Waals surface area contributed by atoms with Gasteiger partial charge in [0.25, 0.3) is 0 Å². The van der Waals surface area contributed by atoms with Crippen LogP contribution in [0.5, 0.6) is 0 Å². The number of ether oxygens (including phenoxy) is 2. The minimum atomic E-state index is 0.292. The third-order valence-corrected chi connectivity index (χ3v) is 1.59. The highest BCUT2D eigenvalue weighted by molar-refractivity contribution is 9.09. The summed E-state index contributed by atoms with van der Waals surface area (Å²) in [5.74, 6) is 0. The van der Waals surface area contributed by atoms with Crippen molar-refractivity contribution in [2.45, 2.75) is 6.10 Å². The summed E-state index contributed by atoms with van der Waals surface area (Å²) in [7, 11) is 0. The van der Waals surface area contributed by atoms with Crippen LogP contribution in [-0.2, 0) is 9.47 Å². The second-order valence-electron chi connectivity index (χ2n) is 1.43. The predicted octanol–water partition coefficient (Wildman–Crippen LogP) is 0.754. The Bertz CT molecular complexity index is 51.7. The van der Waals surface area contributed by atoms with Crippen molar-refractivity contribution < 1.29 is 9.47 Å². The molecule has 0 aliphatic carbocycles. The Labute approximate surface area is 50.9 Å². The fourth-order valence-corrected chi connectivity index (χ4v) is 0.835. The van der Waals surface area contributed by atoms with Crippen molar-refractivity contribution in [3.63, 3.8) is 0 Å². The quantitative estimate of drug-likeness (QED) is 0.536. The maximum atomic E-state index is 5.03. The summed E-state index contributed by atoms with van der Waals surface area (Å²) in [4.78, 5) is 0. The SMILES string of the molecule is BrCC1COCO1. The highest BCUT2D eigenvalue weighted by atomic mass is 79.9. The van der Waals surface area contributed by atoms with Gasteiger partial charge in [0.1, 0.15) is 6.79 Å². The molecule has 1 saturated heterocycles. The van der Waals surface area contributed by atoms with E-state index in [1.807, 2.05) is 0 Å². The van der Waals surface area contributed by atoms with E-state index in [0.29, 0.717) is 12.9 Å². The molecule has 1 rings (SSSR count). The third kappa shape index (κ3) is 1.40. The molecule has 0 bridgehead atoms. The first-order chi connectivity index (χ1) is 3.43. The summed E-state index contributed by atoms with van der Waals surface area (Å²) in [6, 6.07) is 0. The monoisotopic (exact) mass is 166 g/mol. The van der Waals surface area contributed by atoms with Gasteiger partial charge < -0.3 is 9.47 Å². The summed E-state index contributed by atoms with van der Waals surface area (Å²) < 4.78 is 9.93. The summed E-state index contributed by atoms with van der Waals surface area (Å²) in [6.45, 7) is 1.21. The maximum Gasteiger partial charge on any atom is 0.147 e. The molecule has 0 radical (unpaired) electrons. The molecular weight excluding hydrogens is 160 g/mol. The molecule has 3 heteroatoms. The van der Waals surface area contributed by atoms with E-state index in [1.165, 1.54) is 0 Å². The zero-order valence-electron chi connectivity index (χ0n) is 3.89. The van der Waals surface area contributed by atoms with Gasteiger partial charge in [-0.2, -0.15) is 0 Å². The van der Waals surface area contributed by atoms with E-state index in [1.54, 1.807) is 0 Å². The van der Waals surface area contributed by atoms with Crippen molar-refractivity contribution >= 4 is 15.9 Å². The van der Waals surface area contributed by atoms with Crippen LogP contribution in [0.1, 0.15) is 0 Å². The van der Waals surface area contributed by atoms with Crippen molar-refractivity contribution in [1.82, 2.24) is 0 Å². The Morgan fingerprint density at radius 1 is 1.71 bits per heavy atom. The van der Waals surface area contributed by atoms with Gasteiger partial charge >= 0.3 is 0 Å². The van der Waals surface area contributed by atoms with Crippen LogP contribution < -0.4 is 0 Å². The van der Waals surface area contributed by atoms with Crippen LogP contribution in [0, 0.1) is 0 Å². The van der Waals surface area contributed by atoms with Gasteiger partial charge in [-0.1, -0.05) is 15.9 Å². The molecule has 0 aromatic rings. The van der Waals surface area contributed by atoms with E-state index >= 15 is 0 Å². The van der Waals surface area contributed by atoms with Crippen LogP contribution in [0.25, 0.3) is 0 Å². The molecule has 1 fully saturated rings. The lowest BCUT2D eigenvalue weighted by molar-refractivity contribution is 0.0527. The van der Waals surface area contributed by atoms with Crippen molar-refractivity contribution in [3.8, 4) is 0 Å². The van der Waals surface area contributed by atoms with Gasteiger partial charge in [-0.15, -0.1) is 0 Å². The third-order valence-electron chi connectivity index (χ3n) is 0.863. The van der Waals surface area contributed by atoms with Crippen LogP contribution in [0.15, 0.2) is 0 Å². The molecule has 7 heavy (non-hydrogen) atoms. The number of rotatable bonds is 1. The average molecular weight is 167 g/mol. The van der Waals surface area contributed by atoms with Crippen molar-refractivity contribution in [1.29, 1.82) is 0 Å². The topological polar surface area (TPSA) is 18.5 Å². The van der Waals surface area contributed by atoms with E-state index in [2.05, 4.69) is 15.9 Å². The summed E-state index contributed by atoms with van der Waals surface area (Å²) in [5.41, 5.74) is 0. The van der Waals surface area contributed by atoms with Gasteiger partial charge in [0.05, 0.1) is 12.7 Å². The van der Waals surface area contributed by atoms with Gasteiger partial charge in [-0.3, -0.25) is 0 Å². The Balaban J connectivity index is 2.14. The molecular formula is C4H7BrO2. The van der Waals surface area contributed by atoms with Gasteiger partial charge in [0.2, 0.25) is 0 Å². The molecule has 1 aliphatic rings. The Kier molecular flexibility index (Phi) is 2.09. The fraction of sp³-hybridized carbons (Fsp3) is 1.00. The Hall–Kier alpha value is 0.400. The minimum Gasteiger partial charge on any atom is -0.353 e. The normalized spacial score (nSPS) is 31.3. The highest BCUT2D eigenvalue weighted by Crippen LogP contribution is 2.04. The van der Waals surface area contributed by atoms with E-state index < -0.39 is 0 Å². The molecule has 1 heterocycles. The number of alkyl halides is 1. The fourth-order valence-electron chi connectivity index (χ4n) is 0.461. The molecule has 1 unspecified atom stereocenters. The predicted molar refractivity (Wildman–Crippen MR) is 29.5 cm³/mol. The molecule has 1 aliphatic heterocycles. The Morgan fingerprint density at radius 2 is 2.57 bits per heavy atom. The number of halogens is 1. The van der Waals surface area contributed by atoms with Crippen molar-refractivity contribution in [2.24, 2.45) is 0 Å². The minimum absolute atomic E-state index is 0.292. The summed E-state index contributed by atoms with van der Waals surface area (Å²) >= 11 is 3.27. The van der Waals surface area contributed by atoms with Crippen LogP contribution >= 0.6 is 15.9 Å². The highest BCUT2D eigenvalue weighted by Gasteiger charge is 2.12. The lowest BCUT2D eigenvalue weighted by Gasteiger charge is -1.96. The second-order valence-corrected chi connectivity index (χ2v) is 2.08. The maximum absolute atomic E-state index is 5.03. The zero-order valence-corrected chi connectivity index (χ0v) is 5.48. The first-order valence-corrected chi connectivity index (χ1v) is 3.31. The standard InChI is InChI=1S/C4H7BrO2/c5-1-4-2-6-3-7-4/h4H,1-3H2. The molecule has 1 atom stereocenters. The van der Waals surface area contributed by atoms with E-state index in [-0.39, 0.29) is 0 Å². The van der Waals surface area contributed by atoms with Gasteiger partial charge in [0.15, 0.2) is 0 Å². The van der Waals surface area contributed by atoms with Crippen molar-refractivity contribution in [2.75, 3.05) is 18.7 Å². The van der Waals surface area contributed by atoms with Crippen LogP contribution in [0.2, 0.25) is 0 Å². The lowest BCUT2D eigenvalue weighted by atomic mass is 10.5. The number of hydrogen-bond donors (Lipinski definition) is 0.